The van der Waals surface area contributed by atoms with E-state index in [0.717, 1.165) is 4.47 Å². The number of benzene rings is 1. The van der Waals surface area contributed by atoms with Gasteiger partial charge in [0, 0.05) is 23.5 Å². The lowest BCUT2D eigenvalue weighted by molar-refractivity contribution is -0.141. The second-order valence-electron chi connectivity index (χ2n) is 5.47. The smallest absolute Gasteiger partial charge is 0.347 e. The summed E-state index contributed by atoms with van der Waals surface area (Å²) in [7, 11) is -3.66. The van der Waals surface area contributed by atoms with E-state index < -0.39 is 34.6 Å². The molecule has 1 amide bonds. The summed E-state index contributed by atoms with van der Waals surface area (Å²) in [5.41, 5.74) is 0. The minimum Gasteiger partial charge on any atom is -0.347 e. The predicted octanol–water partition coefficient (Wildman–Crippen LogP) is 2.53. The van der Waals surface area contributed by atoms with Gasteiger partial charge in [-0.05, 0) is 37.1 Å². The van der Waals surface area contributed by atoms with Gasteiger partial charge in [-0.15, -0.1) is 0 Å². The lowest BCUT2D eigenvalue weighted by Crippen LogP contribution is -2.44. The Balaban J connectivity index is 1.94. The van der Waals surface area contributed by atoms with E-state index in [9.17, 15) is 26.4 Å². The number of carbonyl (C=O) groups is 1. The zero-order valence-electron chi connectivity index (χ0n) is 12.5. The summed E-state index contributed by atoms with van der Waals surface area (Å²) in [4.78, 5) is 11.9. The summed E-state index contributed by atoms with van der Waals surface area (Å²) in [5, 5.41) is 1.85. The molecule has 10 heteroatoms. The molecule has 1 aliphatic heterocycles. The van der Waals surface area contributed by atoms with E-state index in [0.29, 0.717) is 0 Å². The van der Waals surface area contributed by atoms with Gasteiger partial charge in [0.2, 0.25) is 15.9 Å². The van der Waals surface area contributed by atoms with Crippen molar-refractivity contribution < 1.29 is 26.4 Å². The highest BCUT2D eigenvalue weighted by molar-refractivity contribution is 9.10. The number of amides is 1. The molecule has 5 nitrogen and oxygen atoms in total. The van der Waals surface area contributed by atoms with Crippen LogP contribution in [0.15, 0.2) is 33.6 Å². The number of sulfonamides is 1. The lowest BCUT2D eigenvalue weighted by atomic mass is 9.97. The number of piperidine rings is 1. The van der Waals surface area contributed by atoms with Gasteiger partial charge in [-0.1, -0.05) is 15.9 Å². The molecule has 0 unspecified atom stereocenters. The third-order valence-corrected chi connectivity index (χ3v) is 6.18. The van der Waals surface area contributed by atoms with Crippen molar-refractivity contribution in [3.63, 3.8) is 0 Å². The van der Waals surface area contributed by atoms with Gasteiger partial charge in [0.1, 0.15) is 6.54 Å². The molecule has 2 rings (SSSR count). The maximum atomic E-state index is 12.5. The van der Waals surface area contributed by atoms with Crippen LogP contribution in [0.3, 0.4) is 0 Å². The maximum absolute atomic E-state index is 12.5. The molecule has 0 radical (unpaired) electrons. The molecule has 1 aromatic carbocycles. The van der Waals surface area contributed by atoms with Crippen molar-refractivity contribution in [2.45, 2.75) is 23.9 Å². The van der Waals surface area contributed by atoms with Crippen LogP contribution < -0.4 is 5.32 Å². The molecule has 0 spiro atoms. The first-order valence-corrected chi connectivity index (χ1v) is 9.43. The third kappa shape index (κ3) is 4.93. The molecule has 0 atom stereocenters. The van der Waals surface area contributed by atoms with Crippen LogP contribution in [0.4, 0.5) is 13.2 Å². The van der Waals surface area contributed by atoms with Crippen molar-refractivity contribution in [2.75, 3.05) is 19.6 Å². The van der Waals surface area contributed by atoms with Gasteiger partial charge >= 0.3 is 6.18 Å². The Kier molecular flexibility index (Phi) is 5.92. The van der Waals surface area contributed by atoms with E-state index in [2.05, 4.69) is 15.9 Å². The highest BCUT2D eigenvalue weighted by atomic mass is 79.9. The first-order chi connectivity index (χ1) is 11.1. The molecule has 1 aromatic rings. The van der Waals surface area contributed by atoms with Gasteiger partial charge in [-0.25, -0.2) is 8.42 Å². The van der Waals surface area contributed by atoms with Gasteiger partial charge in [0.25, 0.3) is 0 Å². The van der Waals surface area contributed by atoms with Crippen molar-refractivity contribution in [2.24, 2.45) is 5.92 Å². The van der Waals surface area contributed by atoms with E-state index >= 15 is 0 Å². The number of hydrogen-bond acceptors (Lipinski definition) is 3. The van der Waals surface area contributed by atoms with Crippen molar-refractivity contribution in [1.82, 2.24) is 9.62 Å². The van der Waals surface area contributed by atoms with E-state index in [4.69, 9.17) is 0 Å². The van der Waals surface area contributed by atoms with E-state index in [-0.39, 0.29) is 30.8 Å². The number of nitrogens with zero attached hydrogens (tertiary/aromatic N) is 1. The standard InChI is InChI=1S/C14H16BrF3N2O3S/c15-11-1-3-12(4-2-11)24(22,23)20-7-5-10(6-8-20)13(21)19-9-14(16,17)18/h1-4,10H,5-9H2,(H,19,21). The predicted molar refractivity (Wildman–Crippen MR) is 84.7 cm³/mol. The Morgan fingerprint density at radius 3 is 2.25 bits per heavy atom. The zero-order valence-corrected chi connectivity index (χ0v) is 14.9. The second kappa shape index (κ2) is 7.40. The summed E-state index contributed by atoms with van der Waals surface area (Å²) in [6.07, 6.45) is -4.07. The van der Waals surface area contributed by atoms with Crippen molar-refractivity contribution >= 4 is 31.9 Å². The summed E-state index contributed by atoms with van der Waals surface area (Å²) in [6.45, 7) is -1.17. The van der Waals surface area contributed by atoms with Crippen LogP contribution in [-0.4, -0.2) is 44.4 Å². The van der Waals surface area contributed by atoms with E-state index in [1.54, 1.807) is 12.1 Å². The van der Waals surface area contributed by atoms with Crippen LogP contribution in [0.5, 0.6) is 0 Å². The van der Waals surface area contributed by atoms with Crippen molar-refractivity contribution in [3.05, 3.63) is 28.7 Å². The quantitative estimate of drug-likeness (QED) is 0.800. The first kappa shape index (κ1) is 19.2. The largest absolute Gasteiger partial charge is 0.405 e. The summed E-state index contributed by atoms with van der Waals surface area (Å²) >= 11 is 3.23. The molecule has 1 fully saturated rings. The Labute approximate surface area is 146 Å². The highest BCUT2D eigenvalue weighted by Gasteiger charge is 2.34. The zero-order chi connectivity index (χ0) is 18.0. The first-order valence-electron chi connectivity index (χ1n) is 7.20. The summed E-state index contributed by atoms with van der Waals surface area (Å²) in [5.74, 6) is -1.29. The molecule has 0 bridgehead atoms. The van der Waals surface area contributed by atoms with Crippen LogP contribution in [-0.2, 0) is 14.8 Å². The third-order valence-electron chi connectivity index (χ3n) is 3.74. The maximum Gasteiger partial charge on any atom is 0.405 e. The van der Waals surface area contributed by atoms with E-state index in [1.165, 1.54) is 16.4 Å². The minimum absolute atomic E-state index is 0.0997. The Morgan fingerprint density at radius 2 is 1.75 bits per heavy atom. The molecule has 0 saturated carbocycles. The van der Waals surface area contributed by atoms with Crippen LogP contribution >= 0.6 is 15.9 Å². The molecule has 24 heavy (non-hydrogen) atoms. The fourth-order valence-corrected chi connectivity index (χ4v) is 4.18. The average molecular weight is 429 g/mol. The van der Waals surface area contributed by atoms with Crippen LogP contribution in [0.1, 0.15) is 12.8 Å². The van der Waals surface area contributed by atoms with Gasteiger partial charge in [0.15, 0.2) is 0 Å². The minimum atomic E-state index is -4.46. The normalized spacial score (nSPS) is 17.7. The fraction of sp³-hybridized carbons (Fsp3) is 0.500. The molecule has 1 saturated heterocycles. The van der Waals surface area contributed by atoms with Crippen LogP contribution in [0.25, 0.3) is 0 Å². The Hall–Kier alpha value is -1.13. The number of hydrogen-bond donors (Lipinski definition) is 1. The molecular weight excluding hydrogens is 413 g/mol. The highest BCUT2D eigenvalue weighted by Crippen LogP contribution is 2.25. The topological polar surface area (TPSA) is 66.5 Å². The van der Waals surface area contributed by atoms with Crippen LogP contribution in [0, 0.1) is 5.92 Å². The van der Waals surface area contributed by atoms with Gasteiger partial charge in [0.05, 0.1) is 4.90 Å². The number of alkyl halides is 3. The molecule has 1 heterocycles. The van der Waals surface area contributed by atoms with Gasteiger partial charge in [-0.3, -0.25) is 4.79 Å². The molecule has 134 valence electrons. The van der Waals surface area contributed by atoms with Crippen LogP contribution in [0.2, 0.25) is 0 Å². The number of halogens is 4. The summed E-state index contributed by atoms with van der Waals surface area (Å²) < 4.78 is 63.3. The molecule has 0 aliphatic carbocycles. The molecular formula is C14H16BrF3N2O3S. The second-order valence-corrected chi connectivity index (χ2v) is 8.32. The van der Waals surface area contributed by atoms with E-state index in [1.807, 2.05) is 5.32 Å². The Bertz CT molecular complexity index is 684. The van der Waals surface area contributed by atoms with Gasteiger partial charge in [-0.2, -0.15) is 17.5 Å². The lowest BCUT2D eigenvalue weighted by Gasteiger charge is -2.30. The van der Waals surface area contributed by atoms with Gasteiger partial charge < -0.3 is 5.32 Å². The number of rotatable bonds is 4. The number of nitrogens with one attached hydrogen (secondary N) is 1. The Morgan fingerprint density at radius 1 is 1.21 bits per heavy atom. The molecule has 1 aliphatic rings. The average Bonchev–Trinajstić information content (AvgIpc) is 2.52. The molecule has 1 N–H and O–H groups in total. The van der Waals surface area contributed by atoms with Crippen molar-refractivity contribution in [1.29, 1.82) is 0 Å². The monoisotopic (exact) mass is 428 g/mol. The van der Waals surface area contributed by atoms with Crippen molar-refractivity contribution in [3.8, 4) is 0 Å². The number of carbonyl (C=O) groups excluding carboxylic acids is 1. The fourth-order valence-electron chi connectivity index (χ4n) is 2.45. The SMILES string of the molecule is O=C(NCC(F)(F)F)C1CCN(S(=O)(=O)c2ccc(Br)cc2)CC1. The molecule has 0 aromatic heterocycles. The summed E-state index contributed by atoms with van der Waals surface area (Å²) in [6, 6.07) is 6.18.